The van der Waals surface area contributed by atoms with E-state index in [1.807, 2.05) is 12.1 Å². The van der Waals surface area contributed by atoms with Crippen LogP contribution in [0, 0.1) is 4.78 Å². The largest absolute Gasteiger partial charge is 0.314 e. The van der Waals surface area contributed by atoms with Crippen molar-refractivity contribution in [2.24, 2.45) is 5.14 Å². The molecule has 2 rings (SSSR count). The average Bonchev–Trinajstić information content (AvgIpc) is 2.70. The molecule has 0 amide bonds. The molecule has 1 aliphatic heterocycles. The van der Waals surface area contributed by atoms with Gasteiger partial charge in [-0.25, -0.2) is 14.1 Å². The number of rotatable bonds is 3. The number of hydrogen-bond donors (Lipinski definition) is 3. The maximum absolute atomic E-state index is 11.6. The molecule has 0 aliphatic carbocycles. The summed E-state index contributed by atoms with van der Waals surface area (Å²) in [5.74, 6) is 0. The molecule has 1 aromatic rings. The summed E-state index contributed by atoms with van der Waals surface area (Å²) in [7, 11) is -3.10. The monoisotopic (exact) mass is 239 g/mol. The second kappa shape index (κ2) is 4.53. The molecule has 0 radical (unpaired) electrons. The molecule has 4 N–H and O–H groups in total. The molecule has 88 valence electrons. The predicted octanol–water partition coefficient (Wildman–Crippen LogP) is 1.26. The molecule has 1 aliphatic rings. The van der Waals surface area contributed by atoms with Crippen LogP contribution >= 0.6 is 0 Å². The molecule has 1 heterocycles. The third kappa shape index (κ3) is 2.61. The molecule has 16 heavy (non-hydrogen) atoms. The highest BCUT2D eigenvalue weighted by Gasteiger charge is 2.17. The highest BCUT2D eigenvalue weighted by atomic mass is 32.2. The van der Waals surface area contributed by atoms with E-state index in [1.54, 1.807) is 12.1 Å². The number of hydrogen-bond acceptors (Lipinski definition) is 3. The zero-order valence-electron chi connectivity index (χ0n) is 9.11. The van der Waals surface area contributed by atoms with E-state index in [0.717, 1.165) is 24.9 Å². The standard InChI is InChI=1S/C11H17N3OS/c12-16(13,15)11-6-2-1-4-9(11)8-10-5-3-7-14-10/h1-2,4,6,10,14H,3,5,7-8H2,(H3,12,13,15)/t10-/m0/s1. The Labute approximate surface area is 96.3 Å². The Morgan fingerprint density at radius 1 is 1.50 bits per heavy atom. The molecule has 0 spiro atoms. The normalized spacial score (nSPS) is 24.2. The molecule has 1 fully saturated rings. The lowest BCUT2D eigenvalue weighted by molar-refractivity contribution is 0.597. The van der Waals surface area contributed by atoms with Gasteiger partial charge in [0.25, 0.3) is 0 Å². The molecule has 0 aromatic heterocycles. The molecule has 1 aromatic carbocycles. The van der Waals surface area contributed by atoms with Crippen molar-refractivity contribution >= 4 is 9.92 Å². The third-order valence-electron chi connectivity index (χ3n) is 2.93. The fourth-order valence-electron chi connectivity index (χ4n) is 2.16. The van der Waals surface area contributed by atoms with Crippen molar-refractivity contribution in [3.05, 3.63) is 29.8 Å². The molecule has 1 unspecified atom stereocenters. The summed E-state index contributed by atoms with van der Waals surface area (Å²) < 4.78 is 19.1. The van der Waals surface area contributed by atoms with Gasteiger partial charge in [0.05, 0.1) is 4.90 Å². The zero-order chi connectivity index (χ0) is 11.6. The Balaban J connectivity index is 2.26. The van der Waals surface area contributed by atoms with E-state index in [1.165, 1.54) is 6.42 Å². The smallest absolute Gasteiger partial charge is 0.132 e. The van der Waals surface area contributed by atoms with Crippen molar-refractivity contribution in [3.63, 3.8) is 0 Å². The van der Waals surface area contributed by atoms with Gasteiger partial charge >= 0.3 is 0 Å². The van der Waals surface area contributed by atoms with Gasteiger partial charge in [-0.05, 0) is 37.4 Å². The van der Waals surface area contributed by atoms with E-state index in [0.29, 0.717) is 10.9 Å². The van der Waals surface area contributed by atoms with Gasteiger partial charge in [-0.1, -0.05) is 18.2 Å². The van der Waals surface area contributed by atoms with Crippen LogP contribution in [0.2, 0.25) is 0 Å². The van der Waals surface area contributed by atoms with Gasteiger partial charge < -0.3 is 5.32 Å². The Bertz CT molecular complexity index is 464. The first kappa shape index (κ1) is 11.6. The first-order valence-electron chi connectivity index (χ1n) is 5.45. The summed E-state index contributed by atoms with van der Waals surface area (Å²) in [4.78, 5) is 0.476. The van der Waals surface area contributed by atoms with Crippen LogP contribution in [-0.2, 0) is 16.3 Å². The van der Waals surface area contributed by atoms with Crippen molar-refractivity contribution in [1.82, 2.24) is 5.32 Å². The van der Waals surface area contributed by atoms with E-state index >= 15 is 0 Å². The Morgan fingerprint density at radius 3 is 2.88 bits per heavy atom. The van der Waals surface area contributed by atoms with Gasteiger partial charge in [0.1, 0.15) is 9.92 Å². The van der Waals surface area contributed by atoms with Crippen molar-refractivity contribution in [2.75, 3.05) is 6.54 Å². The SMILES string of the molecule is N=S(N)(=O)c1ccccc1C[C@@H]1CCCN1. The fourth-order valence-corrected chi connectivity index (χ4v) is 2.99. The molecule has 2 atom stereocenters. The van der Waals surface area contributed by atoms with Gasteiger partial charge in [-0.3, -0.25) is 0 Å². The van der Waals surface area contributed by atoms with Gasteiger partial charge in [-0.2, -0.15) is 0 Å². The van der Waals surface area contributed by atoms with Crippen LogP contribution < -0.4 is 10.5 Å². The Morgan fingerprint density at radius 2 is 2.25 bits per heavy atom. The van der Waals surface area contributed by atoms with Crippen LogP contribution in [0.1, 0.15) is 18.4 Å². The number of nitrogens with one attached hydrogen (secondary N) is 2. The Hall–Kier alpha value is -0.910. The highest BCUT2D eigenvalue weighted by Crippen LogP contribution is 2.18. The maximum Gasteiger partial charge on any atom is 0.132 e. The summed E-state index contributed by atoms with van der Waals surface area (Å²) in [6.45, 7) is 1.05. The number of benzene rings is 1. The van der Waals surface area contributed by atoms with Crippen LogP contribution in [0.4, 0.5) is 0 Å². The van der Waals surface area contributed by atoms with Gasteiger partial charge in [-0.15, -0.1) is 0 Å². The van der Waals surface area contributed by atoms with E-state index in [4.69, 9.17) is 9.92 Å². The highest BCUT2D eigenvalue weighted by molar-refractivity contribution is 7.90. The molecule has 1 saturated heterocycles. The summed E-state index contributed by atoms with van der Waals surface area (Å²) in [6.07, 6.45) is 3.13. The lowest BCUT2D eigenvalue weighted by Gasteiger charge is -2.13. The molecule has 4 nitrogen and oxygen atoms in total. The summed E-state index contributed by atoms with van der Waals surface area (Å²) in [5, 5.41) is 8.79. The van der Waals surface area contributed by atoms with E-state index < -0.39 is 9.92 Å². The first-order valence-corrected chi connectivity index (χ1v) is 7.07. The van der Waals surface area contributed by atoms with Crippen LogP contribution in [-0.4, -0.2) is 16.8 Å². The molecular formula is C11H17N3OS. The van der Waals surface area contributed by atoms with E-state index in [-0.39, 0.29) is 0 Å². The third-order valence-corrected chi connectivity index (χ3v) is 3.98. The quantitative estimate of drug-likeness (QED) is 0.742. The topological polar surface area (TPSA) is 79.0 Å². The number of nitrogens with two attached hydrogens (primary N) is 1. The van der Waals surface area contributed by atoms with Crippen LogP contribution in [0.5, 0.6) is 0 Å². The summed E-state index contributed by atoms with van der Waals surface area (Å²) in [5.41, 5.74) is 0.935. The predicted molar refractivity (Wildman–Crippen MR) is 64.5 cm³/mol. The fraction of sp³-hybridized carbons (Fsp3) is 0.455. The first-order chi connectivity index (χ1) is 7.57. The second-order valence-electron chi connectivity index (χ2n) is 4.21. The van der Waals surface area contributed by atoms with Gasteiger partial charge in [0.2, 0.25) is 0 Å². The van der Waals surface area contributed by atoms with Crippen molar-refractivity contribution < 1.29 is 4.21 Å². The van der Waals surface area contributed by atoms with Gasteiger partial charge in [0.15, 0.2) is 0 Å². The van der Waals surface area contributed by atoms with E-state index in [9.17, 15) is 4.21 Å². The van der Waals surface area contributed by atoms with Crippen molar-refractivity contribution in [3.8, 4) is 0 Å². The van der Waals surface area contributed by atoms with Crippen LogP contribution in [0.25, 0.3) is 0 Å². The molecular weight excluding hydrogens is 222 g/mol. The minimum atomic E-state index is -3.10. The molecule has 0 bridgehead atoms. The van der Waals surface area contributed by atoms with Crippen molar-refractivity contribution in [1.29, 1.82) is 4.78 Å². The van der Waals surface area contributed by atoms with Crippen LogP contribution in [0.15, 0.2) is 29.2 Å². The zero-order valence-corrected chi connectivity index (χ0v) is 9.93. The molecule has 0 saturated carbocycles. The van der Waals surface area contributed by atoms with E-state index in [2.05, 4.69) is 5.32 Å². The Kier molecular flexibility index (Phi) is 3.28. The average molecular weight is 239 g/mol. The molecule has 5 heteroatoms. The second-order valence-corrected chi connectivity index (χ2v) is 5.85. The maximum atomic E-state index is 11.6. The lowest BCUT2D eigenvalue weighted by Crippen LogP contribution is -2.25. The summed E-state index contributed by atoms with van der Waals surface area (Å²) >= 11 is 0. The van der Waals surface area contributed by atoms with Gasteiger partial charge in [0, 0.05) is 6.04 Å². The summed E-state index contributed by atoms with van der Waals surface area (Å²) in [6, 6.07) is 7.72. The lowest BCUT2D eigenvalue weighted by atomic mass is 10.0. The minimum Gasteiger partial charge on any atom is -0.314 e. The van der Waals surface area contributed by atoms with Crippen LogP contribution in [0.3, 0.4) is 0 Å². The van der Waals surface area contributed by atoms with Crippen molar-refractivity contribution in [2.45, 2.75) is 30.2 Å². The minimum absolute atomic E-state index is 0.433.